The minimum atomic E-state index is -0.788. The molecule has 6 heteroatoms. The van der Waals surface area contributed by atoms with Crippen LogP contribution >= 0.6 is 0 Å². The summed E-state index contributed by atoms with van der Waals surface area (Å²) in [6.07, 6.45) is 10.4. The van der Waals surface area contributed by atoms with E-state index in [0.29, 0.717) is 25.9 Å². The van der Waals surface area contributed by atoms with E-state index >= 15 is 0 Å². The number of amides is 2. The highest BCUT2D eigenvalue weighted by molar-refractivity contribution is 5.92. The van der Waals surface area contributed by atoms with Crippen molar-refractivity contribution in [3.8, 4) is 0 Å². The van der Waals surface area contributed by atoms with Crippen LogP contribution in [0, 0.1) is 5.92 Å². The molecule has 1 heterocycles. The lowest BCUT2D eigenvalue weighted by molar-refractivity contribution is -0.160. The number of nitrogens with zero attached hydrogens (tertiary/aromatic N) is 1. The van der Waals surface area contributed by atoms with Crippen LogP contribution < -0.4 is 5.32 Å². The van der Waals surface area contributed by atoms with Gasteiger partial charge in [-0.15, -0.1) is 0 Å². The average Bonchev–Trinajstić information content (AvgIpc) is 3.06. The van der Waals surface area contributed by atoms with Gasteiger partial charge in [0.15, 0.2) is 6.10 Å². The molecule has 2 fully saturated rings. The molecule has 2 aliphatic rings. The minimum absolute atomic E-state index is 0.0492. The zero-order valence-corrected chi connectivity index (χ0v) is 18.4. The number of rotatable bonds is 6. The number of nitrogens with one attached hydrogen (secondary N) is 1. The number of ether oxygens (including phenoxy) is 1. The quantitative estimate of drug-likeness (QED) is 0.427. The van der Waals surface area contributed by atoms with Gasteiger partial charge < -0.3 is 15.0 Å². The van der Waals surface area contributed by atoms with Gasteiger partial charge in [-0.25, -0.2) is 0 Å². The molecule has 31 heavy (non-hydrogen) atoms. The molecule has 0 radical (unpaired) electrons. The molecule has 1 saturated carbocycles. The Morgan fingerprint density at radius 2 is 1.65 bits per heavy atom. The van der Waals surface area contributed by atoms with Crippen molar-refractivity contribution >= 4 is 23.9 Å². The van der Waals surface area contributed by atoms with Crippen molar-refractivity contribution in [2.24, 2.45) is 5.92 Å². The van der Waals surface area contributed by atoms with Crippen LogP contribution in [0.5, 0.6) is 0 Å². The number of benzene rings is 1. The summed E-state index contributed by atoms with van der Waals surface area (Å²) in [5, 5.41) is 3.04. The SMILES string of the molecule is C[C@H](OC(=O)C1CCN(C(=O)/C=C/c2ccccc2)CC1)C(=O)NC1CCCCCC1. The summed E-state index contributed by atoms with van der Waals surface area (Å²) >= 11 is 0. The van der Waals surface area contributed by atoms with Crippen LogP contribution in [0.4, 0.5) is 0 Å². The average molecular weight is 427 g/mol. The first-order valence-electron chi connectivity index (χ1n) is 11.6. The number of esters is 1. The summed E-state index contributed by atoms with van der Waals surface area (Å²) in [5.41, 5.74) is 0.977. The second-order valence-corrected chi connectivity index (χ2v) is 8.62. The first-order chi connectivity index (χ1) is 15.0. The molecule has 1 aliphatic heterocycles. The highest BCUT2D eigenvalue weighted by Gasteiger charge is 2.30. The summed E-state index contributed by atoms with van der Waals surface area (Å²) < 4.78 is 5.46. The fraction of sp³-hybridized carbons (Fsp3) is 0.560. The zero-order valence-electron chi connectivity index (χ0n) is 18.4. The number of carbonyl (C=O) groups excluding carboxylic acids is 3. The normalized spacial score (nSPS) is 19.6. The van der Waals surface area contributed by atoms with Crippen molar-refractivity contribution in [2.75, 3.05) is 13.1 Å². The van der Waals surface area contributed by atoms with E-state index in [-0.39, 0.29) is 29.7 Å². The topological polar surface area (TPSA) is 75.7 Å². The maximum Gasteiger partial charge on any atom is 0.309 e. The Morgan fingerprint density at radius 3 is 2.29 bits per heavy atom. The molecule has 168 valence electrons. The van der Waals surface area contributed by atoms with Crippen LogP contribution in [0.1, 0.15) is 63.9 Å². The van der Waals surface area contributed by atoms with E-state index in [1.807, 2.05) is 30.3 Å². The molecule has 1 aromatic rings. The van der Waals surface area contributed by atoms with Gasteiger partial charge in [-0.2, -0.15) is 0 Å². The Kier molecular flexibility index (Phi) is 8.68. The maximum atomic E-state index is 12.5. The third-order valence-corrected chi connectivity index (χ3v) is 6.22. The number of hydrogen-bond donors (Lipinski definition) is 1. The largest absolute Gasteiger partial charge is 0.452 e. The van der Waals surface area contributed by atoms with Crippen LogP contribution in [0.15, 0.2) is 36.4 Å². The van der Waals surface area contributed by atoms with Gasteiger partial charge in [0.1, 0.15) is 0 Å². The number of carbonyl (C=O) groups is 3. The van der Waals surface area contributed by atoms with Gasteiger partial charge in [0, 0.05) is 25.2 Å². The Bertz CT molecular complexity index is 761. The molecular weight excluding hydrogens is 392 g/mol. The summed E-state index contributed by atoms with van der Waals surface area (Å²) in [6.45, 7) is 2.66. The third kappa shape index (κ3) is 7.23. The van der Waals surface area contributed by atoms with E-state index < -0.39 is 6.10 Å². The zero-order chi connectivity index (χ0) is 22.1. The van der Waals surface area contributed by atoms with Crippen LogP contribution in [0.25, 0.3) is 6.08 Å². The predicted octanol–water partition coefficient (Wildman–Crippen LogP) is 3.71. The predicted molar refractivity (Wildman–Crippen MR) is 120 cm³/mol. The van der Waals surface area contributed by atoms with Crippen molar-refractivity contribution in [3.63, 3.8) is 0 Å². The van der Waals surface area contributed by atoms with E-state index in [1.54, 1.807) is 24.0 Å². The molecule has 1 aliphatic carbocycles. The van der Waals surface area contributed by atoms with Gasteiger partial charge in [-0.3, -0.25) is 14.4 Å². The summed E-state index contributed by atoms with van der Waals surface area (Å²) in [4.78, 5) is 39.1. The lowest BCUT2D eigenvalue weighted by Gasteiger charge is -2.30. The fourth-order valence-corrected chi connectivity index (χ4v) is 4.24. The third-order valence-electron chi connectivity index (χ3n) is 6.22. The van der Waals surface area contributed by atoms with Crippen molar-refractivity contribution in [1.29, 1.82) is 0 Å². The molecule has 0 unspecified atom stereocenters. The van der Waals surface area contributed by atoms with Gasteiger partial charge in [-0.05, 0) is 44.2 Å². The minimum Gasteiger partial charge on any atom is -0.452 e. The molecule has 3 rings (SSSR count). The molecule has 2 amide bonds. The lowest BCUT2D eigenvalue weighted by atomic mass is 9.97. The smallest absolute Gasteiger partial charge is 0.309 e. The summed E-state index contributed by atoms with van der Waals surface area (Å²) in [6, 6.07) is 9.87. The van der Waals surface area contributed by atoms with E-state index in [1.165, 1.54) is 12.8 Å². The first kappa shape index (κ1) is 23.0. The molecule has 0 aromatic heterocycles. The Labute approximate surface area is 185 Å². The fourth-order valence-electron chi connectivity index (χ4n) is 4.24. The Hall–Kier alpha value is -2.63. The van der Waals surface area contributed by atoms with Crippen LogP contribution in [-0.4, -0.2) is 47.9 Å². The molecule has 0 bridgehead atoms. The van der Waals surface area contributed by atoms with Crippen LogP contribution in [0.2, 0.25) is 0 Å². The van der Waals surface area contributed by atoms with E-state index in [2.05, 4.69) is 5.32 Å². The molecule has 1 N–H and O–H groups in total. The molecule has 1 atom stereocenters. The van der Waals surface area contributed by atoms with Crippen molar-refractivity contribution in [3.05, 3.63) is 42.0 Å². The number of hydrogen-bond acceptors (Lipinski definition) is 4. The van der Waals surface area contributed by atoms with Gasteiger partial charge in [0.25, 0.3) is 5.91 Å². The molecule has 1 aromatic carbocycles. The second-order valence-electron chi connectivity index (χ2n) is 8.62. The molecule has 1 saturated heterocycles. The molecular formula is C25H34N2O4. The van der Waals surface area contributed by atoms with Crippen LogP contribution in [-0.2, 0) is 19.1 Å². The van der Waals surface area contributed by atoms with Gasteiger partial charge in [0.05, 0.1) is 5.92 Å². The van der Waals surface area contributed by atoms with E-state index in [0.717, 1.165) is 31.2 Å². The summed E-state index contributed by atoms with van der Waals surface area (Å²) in [5.74, 6) is -0.864. The van der Waals surface area contributed by atoms with Crippen molar-refractivity contribution < 1.29 is 19.1 Å². The van der Waals surface area contributed by atoms with Crippen molar-refractivity contribution in [2.45, 2.75) is 70.4 Å². The first-order valence-corrected chi connectivity index (χ1v) is 11.6. The number of likely N-dealkylation sites (tertiary alicyclic amines) is 1. The highest BCUT2D eigenvalue weighted by Crippen LogP contribution is 2.21. The van der Waals surface area contributed by atoms with Crippen molar-refractivity contribution in [1.82, 2.24) is 10.2 Å². The van der Waals surface area contributed by atoms with Gasteiger partial charge in [0.2, 0.25) is 5.91 Å². The highest BCUT2D eigenvalue weighted by atomic mass is 16.5. The molecule has 0 spiro atoms. The lowest BCUT2D eigenvalue weighted by Crippen LogP contribution is -2.44. The number of piperidine rings is 1. The Balaban J connectivity index is 1.40. The van der Waals surface area contributed by atoms with Crippen LogP contribution in [0.3, 0.4) is 0 Å². The van der Waals surface area contributed by atoms with Gasteiger partial charge >= 0.3 is 5.97 Å². The Morgan fingerprint density at radius 1 is 1.00 bits per heavy atom. The van der Waals surface area contributed by atoms with E-state index in [9.17, 15) is 14.4 Å². The summed E-state index contributed by atoms with van der Waals surface area (Å²) in [7, 11) is 0. The standard InChI is InChI=1S/C25H34N2O4/c1-19(24(29)26-22-11-7-2-3-8-12-22)31-25(30)21-15-17-27(18-16-21)23(28)14-13-20-9-5-4-6-10-20/h4-6,9-10,13-14,19,21-22H,2-3,7-8,11-12,15-18H2,1H3,(H,26,29)/b14-13+/t19-/m0/s1. The maximum absolute atomic E-state index is 12.5. The van der Waals surface area contributed by atoms with Gasteiger partial charge in [-0.1, -0.05) is 56.0 Å². The van der Waals surface area contributed by atoms with E-state index in [4.69, 9.17) is 4.74 Å². The molecule has 6 nitrogen and oxygen atoms in total. The monoisotopic (exact) mass is 426 g/mol. The second kappa shape index (κ2) is 11.7.